The Kier molecular flexibility index (Phi) is 6.83. The van der Waals surface area contributed by atoms with Crippen molar-refractivity contribution >= 4 is 62.2 Å². The van der Waals surface area contributed by atoms with Crippen LogP contribution in [0.25, 0.3) is 6.08 Å². The van der Waals surface area contributed by atoms with E-state index in [-0.39, 0.29) is 17.2 Å². The third kappa shape index (κ3) is 5.14. The smallest absolute Gasteiger partial charge is 0.294 e. The highest BCUT2D eigenvalue weighted by Crippen LogP contribution is 2.33. The minimum atomic E-state index is -0.526. The van der Waals surface area contributed by atoms with Gasteiger partial charge in [-0.25, -0.2) is 0 Å². The average molecular weight is 518 g/mol. The van der Waals surface area contributed by atoms with Crippen LogP contribution in [-0.4, -0.2) is 59.9 Å². The van der Waals surface area contributed by atoms with Crippen LogP contribution in [0.4, 0.5) is 16.2 Å². The van der Waals surface area contributed by atoms with Crippen LogP contribution in [0, 0.1) is 0 Å². The fraction of sp³-hybridized carbons (Fsp3) is 0.227. The lowest BCUT2D eigenvalue weighted by molar-refractivity contribution is -0.127. The molecule has 2 saturated heterocycles. The van der Waals surface area contributed by atoms with Gasteiger partial charge in [-0.15, -0.1) is 0 Å². The number of ether oxygens (including phenoxy) is 1. The summed E-state index contributed by atoms with van der Waals surface area (Å²) in [5.41, 5.74) is 2.27. The molecule has 0 unspecified atom stereocenters. The predicted molar refractivity (Wildman–Crippen MR) is 127 cm³/mol. The fourth-order valence-electron chi connectivity index (χ4n) is 3.32. The van der Waals surface area contributed by atoms with Gasteiger partial charge in [0, 0.05) is 24.5 Å². The Hall–Kier alpha value is -2.82. The van der Waals surface area contributed by atoms with Gasteiger partial charge in [-0.05, 0) is 75.7 Å². The molecule has 2 aromatic carbocycles. The second kappa shape index (κ2) is 9.76. The summed E-state index contributed by atoms with van der Waals surface area (Å²) in [5.74, 6) is -0.910. The summed E-state index contributed by atoms with van der Waals surface area (Å²) in [6.07, 6.45) is 1.55. The lowest BCUT2D eigenvalue weighted by Gasteiger charge is -2.28. The monoisotopic (exact) mass is 517 g/mol. The van der Waals surface area contributed by atoms with E-state index in [0.29, 0.717) is 28.9 Å². The zero-order valence-electron chi connectivity index (χ0n) is 16.9. The van der Waals surface area contributed by atoms with Crippen LogP contribution in [0.1, 0.15) is 5.56 Å². The first kappa shape index (κ1) is 22.4. The van der Waals surface area contributed by atoms with Crippen molar-refractivity contribution in [1.29, 1.82) is 0 Å². The van der Waals surface area contributed by atoms with Crippen LogP contribution in [0.15, 0.2) is 51.8 Å². The normalized spacial score (nSPS) is 17.8. The number of aromatic hydroxyl groups is 1. The molecule has 0 radical (unpaired) electrons. The van der Waals surface area contributed by atoms with E-state index in [1.54, 1.807) is 30.3 Å². The lowest BCUT2D eigenvalue weighted by Crippen LogP contribution is -2.36. The molecule has 0 aliphatic carbocycles. The van der Waals surface area contributed by atoms with E-state index < -0.39 is 17.1 Å². The number of morpholine rings is 1. The molecular formula is C22H20BrN3O5S. The molecule has 2 aliphatic rings. The first-order valence-corrected chi connectivity index (χ1v) is 11.5. The number of halogens is 1. The van der Waals surface area contributed by atoms with E-state index in [1.165, 1.54) is 6.07 Å². The molecule has 2 aliphatic heterocycles. The molecule has 0 saturated carbocycles. The Morgan fingerprint density at radius 1 is 1.16 bits per heavy atom. The zero-order valence-corrected chi connectivity index (χ0v) is 19.3. The molecule has 2 aromatic rings. The van der Waals surface area contributed by atoms with Crippen molar-refractivity contribution in [3.63, 3.8) is 0 Å². The topological polar surface area (TPSA) is 99.2 Å². The minimum Gasteiger partial charge on any atom is -0.507 e. The van der Waals surface area contributed by atoms with Crippen LogP contribution in [0.2, 0.25) is 0 Å². The standard InChI is InChI=1S/C22H20BrN3O5S/c23-17-11-14(1-6-18(17)27)12-19-21(29)26(22(30)32-19)13-20(28)24-15-2-4-16(5-3-15)25-7-9-31-10-8-25/h1-6,11-12,27H,7-10,13H2,(H,24,28)/b19-12+. The number of phenols is 1. The fourth-order valence-corrected chi connectivity index (χ4v) is 4.56. The summed E-state index contributed by atoms with van der Waals surface area (Å²) in [7, 11) is 0. The van der Waals surface area contributed by atoms with Gasteiger partial charge in [-0.3, -0.25) is 19.3 Å². The number of amides is 3. The van der Waals surface area contributed by atoms with Crippen LogP contribution in [0.3, 0.4) is 0 Å². The van der Waals surface area contributed by atoms with Gasteiger partial charge in [0.1, 0.15) is 12.3 Å². The molecule has 0 atom stereocenters. The van der Waals surface area contributed by atoms with Gasteiger partial charge in [0.2, 0.25) is 5.91 Å². The van der Waals surface area contributed by atoms with E-state index in [2.05, 4.69) is 26.1 Å². The van der Waals surface area contributed by atoms with Crippen molar-refractivity contribution in [2.75, 3.05) is 43.1 Å². The Balaban J connectivity index is 1.37. The van der Waals surface area contributed by atoms with Crippen LogP contribution >= 0.6 is 27.7 Å². The number of benzene rings is 2. The van der Waals surface area contributed by atoms with Crippen molar-refractivity contribution in [2.24, 2.45) is 0 Å². The summed E-state index contributed by atoms with van der Waals surface area (Å²) >= 11 is 3.99. The summed E-state index contributed by atoms with van der Waals surface area (Å²) < 4.78 is 5.83. The highest BCUT2D eigenvalue weighted by molar-refractivity contribution is 9.10. The summed E-state index contributed by atoms with van der Waals surface area (Å²) in [5, 5.41) is 11.8. The number of carbonyl (C=O) groups excluding carboxylic acids is 3. The van der Waals surface area contributed by atoms with Gasteiger partial charge in [0.15, 0.2) is 0 Å². The second-order valence-electron chi connectivity index (χ2n) is 7.17. The van der Waals surface area contributed by atoms with Gasteiger partial charge >= 0.3 is 0 Å². The van der Waals surface area contributed by atoms with E-state index in [0.717, 1.165) is 35.4 Å². The first-order chi connectivity index (χ1) is 15.4. The molecule has 32 heavy (non-hydrogen) atoms. The zero-order chi connectivity index (χ0) is 22.7. The number of phenolic OH excluding ortho intramolecular Hbond substituents is 1. The molecule has 10 heteroatoms. The van der Waals surface area contributed by atoms with E-state index >= 15 is 0 Å². The molecule has 0 spiro atoms. The minimum absolute atomic E-state index is 0.0740. The maximum Gasteiger partial charge on any atom is 0.294 e. The quantitative estimate of drug-likeness (QED) is 0.583. The third-order valence-corrected chi connectivity index (χ3v) is 6.51. The molecular weight excluding hydrogens is 498 g/mol. The number of imide groups is 1. The van der Waals surface area contributed by atoms with Gasteiger partial charge < -0.3 is 20.1 Å². The number of anilines is 2. The number of nitrogens with zero attached hydrogens (tertiary/aromatic N) is 2. The molecule has 0 bridgehead atoms. The highest BCUT2D eigenvalue weighted by Gasteiger charge is 2.36. The molecule has 8 nitrogen and oxygen atoms in total. The Morgan fingerprint density at radius 2 is 1.88 bits per heavy atom. The Bertz CT molecular complexity index is 1080. The summed E-state index contributed by atoms with van der Waals surface area (Å²) in [6.45, 7) is 2.65. The summed E-state index contributed by atoms with van der Waals surface area (Å²) in [6, 6.07) is 12.2. The van der Waals surface area contributed by atoms with E-state index in [1.807, 2.05) is 12.1 Å². The third-order valence-electron chi connectivity index (χ3n) is 4.97. The van der Waals surface area contributed by atoms with Crippen molar-refractivity contribution in [3.05, 3.63) is 57.4 Å². The number of hydrogen-bond acceptors (Lipinski definition) is 7. The predicted octanol–water partition coefficient (Wildman–Crippen LogP) is 3.67. The SMILES string of the molecule is O=C(CN1C(=O)S/C(=C/c2ccc(O)c(Br)c2)C1=O)Nc1ccc(N2CCOCC2)cc1. The molecule has 166 valence electrons. The number of carbonyl (C=O) groups is 3. The summed E-state index contributed by atoms with van der Waals surface area (Å²) in [4.78, 5) is 40.7. The van der Waals surface area contributed by atoms with Crippen molar-refractivity contribution in [1.82, 2.24) is 4.90 Å². The van der Waals surface area contributed by atoms with E-state index in [9.17, 15) is 19.5 Å². The van der Waals surface area contributed by atoms with Gasteiger partial charge in [-0.1, -0.05) is 6.07 Å². The lowest BCUT2D eigenvalue weighted by atomic mass is 10.2. The van der Waals surface area contributed by atoms with Crippen molar-refractivity contribution in [3.8, 4) is 5.75 Å². The number of hydrogen-bond donors (Lipinski definition) is 2. The molecule has 2 N–H and O–H groups in total. The van der Waals surface area contributed by atoms with Gasteiger partial charge in [0.25, 0.3) is 11.1 Å². The number of nitrogens with one attached hydrogen (secondary N) is 1. The van der Waals surface area contributed by atoms with E-state index in [4.69, 9.17) is 4.74 Å². The Morgan fingerprint density at radius 3 is 2.56 bits per heavy atom. The van der Waals surface area contributed by atoms with Crippen LogP contribution in [-0.2, 0) is 14.3 Å². The molecule has 2 fully saturated rings. The Labute approximate surface area is 197 Å². The molecule has 4 rings (SSSR count). The first-order valence-electron chi connectivity index (χ1n) is 9.87. The largest absolute Gasteiger partial charge is 0.507 e. The maximum absolute atomic E-state index is 12.6. The second-order valence-corrected chi connectivity index (χ2v) is 9.02. The van der Waals surface area contributed by atoms with Gasteiger partial charge in [-0.2, -0.15) is 0 Å². The molecule has 3 amide bonds. The van der Waals surface area contributed by atoms with Crippen molar-refractivity contribution < 1.29 is 24.2 Å². The molecule has 2 heterocycles. The molecule has 0 aromatic heterocycles. The van der Waals surface area contributed by atoms with Crippen LogP contribution < -0.4 is 10.2 Å². The number of thioether (sulfide) groups is 1. The average Bonchev–Trinajstić information content (AvgIpc) is 3.04. The van der Waals surface area contributed by atoms with Gasteiger partial charge in [0.05, 0.1) is 22.6 Å². The number of rotatable bonds is 5. The maximum atomic E-state index is 12.6. The highest BCUT2D eigenvalue weighted by atomic mass is 79.9. The van der Waals surface area contributed by atoms with Crippen molar-refractivity contribution in [2.45, 2.75) is 0 Å². The van der Waals surface area contributed by atoms with Crippen LogP contribution in [0.5, 0.6) is 5.75 Å².